The molecule has 2 N–H and O–H groups in total. The van der Waals surface area contributed by atoms with E-state index in [-0.39, 0.29) is 0 Å². The molecule has 0 amide bonds. The van der Waals surface area contributed by atoms with Crippen molar-refractivity contribution >= 4 is 0 Å². The molecule has 0 radical (unpaired) electrons. The summed E-state index contributed by atoms with van der Waals surface area (Å²) in [6, 6.07) is 0.387. The zero-order valence-electron chi connectivity index (χ0n) is 11.8. The SMILES string of the molecule is CC1CCC(N)C(CN(C)Cc2cnn(C)c2)C1. The zero-order valence-corrected chi connectivity index (χ0v) is 11.8. The second kappa shape index (κ2) is 5.85. The first-order valence-corrected chi connectivity index (χ1v) is 6.96. The van der Waals surface area contributed by atoms with E-state index < -0.39 is 0 Å². The van der Waals surface area contributed by atoms with Crippen LogP contribution in [0, 0.1) is 11.8 Å². The Kier molecular flexibility index (Phi) is 4.40. The fraction of sp³-hybridized carbons (Fsp3) is 0.786. The Morgan fingerprint density at radius 2 is 2.28 bits per heavy atom. The van der Waals surface area contributed by atoms with Crippen LogP contribution in [0.3, 0.4) is 0 Å². The van der Waals surface area contributed by atoms with Crippen molar-refractivity contribution in [2.45, 2.75) is 38.8 Å². The molecule has 4 nitrogen and oxygen atoms in total. The average molecular weight is 250 g/mol. The molecule has 1 heterocycles. The molecule has 1 aromatic heterocycles. The number of rotatable bonds is 4. The minimum Gasteiger partial charge on any atom is -0.327 e. The van der Waals surface area contributed by atoms with Gasteiger partial charge in [-0.05, 0) is 38.1 Å². The molecule has 4 heteroatoms. The molecule has 0 aromatic carbocycles. The Labute approximate surface area is 110 Å². The summed E-state index contributed by atoms with van der Waals surface area (Å²) >= 11 is 0. The van der Waals surface area contributed by atoms with Crippen molar-refractivity contribution in [3.63, 3.8) is 0 Å². The first-order valence-electron chi connectivity index (χ1n) is 6.96. The molecule has 1 aliphatic carbocycles. The summed E-state index contributed by atoms with van der Waals surface area (Å²) in [6.07, 6.45) is 7.79. The first kappa shape index (κ1) is 13.6. The highest BCUT2D eigenvalue weighted by Gasteiger charge is 2.26. The van der Waals surface area contributed by atoms with Gasteiger partial charge in [0.2, 0.25) is 0 Å². The summed E-state index contributed by atoms with van der Waals surface area (Å²) in [6.45, 7) is 4.41. The molecule has 3 unspecified atom stereocenters. The van der Waals surface area contributed by atoms with E-state index in [2.05, 4.69) is 30.2 Å². The largest absolute Gasteiger partial charge is 0.327 e. The highest BCUT2D eigenvalue weighted by atomic mass is 15.2. The summed E-state index contributed by atoms with van der Waals surface area (Å²) < 4.78 is 1.86. The average Bonchev–Trinajstić information content (AvgIpc) is 2.69. The maximum atomic E-state index is 6.24. The summed E-state index contributed by atoms with van der Waals surface area (Å²) in [7, 11) is 4.14. The second-order valence-electron chi connectivity index (χ2n) is 6.06. The van der Waals surface area contributed by atoms with E-state index in [1.807, 2.05) is 17.9 Å². The van der Waals surface area contributed by atoms with Gasteiger partial charge in [-0.25, -0.2) is 0 Å². The van der Waals surface area contributed by atoms with Gasteiger partial charge in [0.1, 0.15) is 0 Å². The monoisotopic (exact) mass is 250 g/mol. The van der Waals surface area contributed by atoms with Gasteiger partial charge in [-0.1, -0.05) is 6.92 Å². The minimum atomic E-state index is 0.387. The van der Waals surface area contributed by atoms with Gasteiger partial charge in [0, 0.05) is 37.9 Å². The molecule has 1 fully saturated rings. The zero-order chi connectivity index (χ0) is 13.1. The molecule has 1 saturated carbocycles. The van der Waals surface area contributed by atoms with Gasteiger partial charge in [0.15, 0.2) is 0 Å². The highest BCUT2D eigenvalue weighted by molar-refractivity contribution is 5.03. The van der Waals surface area contributed by atoms with E-state index in [4.69, 9.17) is 5.73 Å². The molecule has 2 rings (SSSR count). The van der Waals surface area contributed by atoms with Crippen molar-refractivity contribution in [3.8, 4) is 0 Å². The predicted octanol–water partition coefficient (Wildman–Crippen LogP) is 1.62. The molecule has 0 aliphatic heterocycles. The molecule has 1 aromatic rings. The lowest BCUT2D eigenvalue weighted by atomic mass is 9.79. The van der Waals surface area contributed by atoms with Crippen LogP contribution in [0.2, 0.25) is 0 Å². The molecule has 1 aliphatic rings. The number of aromatic nitrogens is 2. The van der Waals surface area contributed by atoms with Crippen molar-refractivity contribution < 1.29 is 0 Å². The van der Waals surface area contributed by atoms with Crippen LogP contribution in [0.5, 0.6) is 0 Å². The third-order valence-corrected chi connectivity index (χ3v) is 4.06. The van der Waals surface area contributed by atoms with Gasteiger partial charge in [0.05, 0.1) is 6.20 Å². The molecule has 0 saturated heterocycles. The van der Waals surface area contributed by atoms with Gasteiger partial charge < -0.3 is 10.6 Å². The van der Waals surface area contributed by atoms with E-state index >= 15 is 0 Å². The van der Waals surface area contributed by atoms with Crippen LogP contribution in [0.4, 0.5) is 0 Å². The third-order valence-electron chi connectivity index (χ3n) is 4.06. The maximum absolute atomic E-state index is 6.24. The number of aryl methyl sites for hydroxylation is 1. The summed E-state index contributed by atoms with van der Waals surface area (Å²) in [5.74, 6) is 1.48. The summed E-state index contributed by atoms with van der Waals surface area (Å²) in [5, 5.41) is 4.21. The van der Waals surface area contributed by atoms with E-state index in [1.165, 1.54) is 24.8 Å². The smallest absolute Gasteiger partial charge is 0.0534 e. The fourth-order valence-corrected chi connectivity index (χ4v) is 3.06. The first-order chi connectivity index (χ1) is 8.54. The Morgan fingerprint density at radius 1 is 1.50 bits per heavy atom. The molecule has 102 valence electrons. The standard InChI is InChI=1S/C14H26N4/c1-11-4-5-14(15)13(6-11)10-17(2)8-12-7-16-18(3)9-12/h7,9,11,13-14H,4-6,8,10,15H2,1-3H3. The Balaban J connectivity index is 1.84. The van der Waals surface area contributed by atoms with Crippen molar-refractivity contribution in [1.82, 2.24) is 14.7 Å². The van der Waals surface area contributed by atoms with Crippen molar-refractivity contribution in [2.24, 2.45) is 24.6 Å². The fourth-order valence-electron chi connectivity index (χ4n) is 3.06. The van der Waals surface area contributed by atoms with E-state index in [1.54, 1.807) is 0 Å². The summed E-state index contributed by atoms with van der Waals surface area (Å²) in [5.41, 5.74) is 7.52. The lowest BCUT2D eigenvalue weighted by Gasteiger charge is -2.35. The van der Waals surface area contributed by atoms with Crippen LogP contribution in [-0.2, 0) is 13.6 Å². The Hall–Kier alpha value is -0.870. The minimum absolute atomic E-state index is 0.387. The lowest BCUT2D eigenvalue weighted by Crippen LogP contribution is -2.41. The van der Waals surface area contributed by atoms with E-state index in [0.29, 0.717) is 12.0 Å². The molecule has 0 spiro atoms. The Bertz CT molecular complexity index is 374. The van der Waals surface area contributed by atoms with Crippen LogP contribution in [0.1, 0.15) is 31.7 Å². The van der Waals surface area contributed by atoms with E-state index in [9.17, 15) is 0 Å². The molecule has 18 heavy (non-hydrogen) atoms. The van der Waals surface area contributed by atoms with Crippen molar-refractivity contribution in [3.05, 3.63) is 18.0 Å². The molecular formula is C14H26N4. The van der Waals surface area contributed by atoms with Crippen LogP contribution in [-0.4, -0.2) is 34.3 Å². The van der Waals surface area contributed by atoms with Gasteiger partial charge in [-0.15, -0.1) is 0 Å². The Morgan fingerprint density at radius 3 is 2.94 bits per heavy atom. The van der Waals surface area contributed by atoms with Crippen LogP contribution < -0.4 is 5.73 Å². The van der Waals surface area contributed by atoms with E-state index in [0.717, 1.165) is 19.0 Å². The number of hydrogen-bond donors (Lipinski definition) is 1. The third kappa shape index (κ3) is 3.56. The number of nitrogens with zero attached hydrogens (tertiary/aromatic N) is 3. The predicted molar refractivity (Wildman–Crippen MR) is 74.0 cm³/mol. The van der Waals surface area contributed by atoms with Crippen LogP contribution in [0.15, 0.2) is 12.4 Å². The van der Waals surface area contributed by atoms with Crippen LogP contribution in [0.25, 0.3) is 0 Å². The van der Waals surface area contributed by atoms with Crippen molar-refractivity contribution in [1.29, 1.82) is 0 Å². The highest BCUT2D eigenvalue weighted by Crippen LogP contribution is 2.28. The number of hydrogen-bond acceptors (Lipinski definition) is 3. The topological polar surface area (TPSA) is 47.1 Å². The van der Waals surface area contributed by atoms with Gasteiger partial charge in [0.25, 0.3) is 0 Å². The maximum Gasteiger partial charge on any atom is 0.0534 e. The van der Waals surface area contributed by atoms with Gasteiger partial charge in [-0.3, -0.25) is 4.68 Å². The second-order valence-corrected chi connectivity index (χ2v) is 6.06. The molecule has 3 atom stereocenters. The molecular weight excluding hydrogens is 224 g/mol. The lowest BCUT2D eigenvalue weighted by molar-refractivity contribution is 0.177. The van der Waals surface area contributed by atoms with Gasteiger partial charge in [-0.2, -0.15) is 5.10 Å². The summed E-state index contributed by atoms with van der Waals surface area (Å²) in [4.78, 5) is 2.37. The quantitative estimate of drug-likeness (QED) is 0.883. The normalized spacial score (nSPS) is 28.8. The molecule has 0 bridgehead atoms. The number of nitrogens with two attached hydrogens (primary N) is 1. The van der Waals surface area contributed by atoms with Crippen molar-refractivity contribution in [2.75, 3.05) is 13.6 Å². The van der Waals surface area contributed by atoms with Gasteiger partial charge >= 0.3 is 0 Å². The van der Waals surface area contributed by atoms with Crippen LogP contribution >= 0.6 is 0 Å².